The second-order valence-corrected chi connectivity index (χ2v) is 4.33. The molecule has 0 aliphatic heterocycles. The number of halogens is 2. The molecule has 0 saturated heterocycles. The first-order valence-corrected chi connectivity index (χ1v) is 5.09. The first-order valence-electron chi connectivity index (χ1n) is 4.19. The van der Waals surface area contributed by atoms with Gasteiger partial charge in [0.1, 0.15) is 0 Å². The van der Waals surface area contributed by atoms with Gasteiger partial charge in [0.25, 0.3) is 0 Å². The van der Waals surface area contributed by atoms with Crippen LogP contribution in [0.4, 0.5) is 0 Å². The summed E-state index contributed by atoms with van der Waals surface area (Å²) < 4.78 is 0.611. The standard InChI is InChI=1S/C11H11.2ClH.Ti/c1-8-6-7-9(2)11-5-3-4-10(8)11;;;/h3-7H,1-2H3;2*1H;. The van der Waals surface area contributed by atoms with Crippen LogP contribution in [-0.4, -0.2) is 0 Å². The van der Waals surface area contributed by atoms with Crippen molar-refractivity contribution in [1.29, 1.82) is 0 Å². The molecule has 0 saturated carbocycles. The van der Waals surface area contributed by atoms with Crippen molar-refractivity contribution < 1.29 is 20.4 Å². The van der Waals surface area contributed by atoms with Gasteiger partial charge in [0, 0.05) is 0 Å². The SMILES string of the molecule is Cc1ccc(C)c2c1C=C[C@@H]2[Ti].Cl.Cl. The van der Waals surface area contributed by atoms with Crippen molar-refractivity contribution in [3.8, 4) is 0 Å². The minimum atomic E-state index is 0. The maximum Gasteiger partial charge on any atom is -0.147 e. The van der Waals surface area contributed by atoms with Crippen molar-refractivity contribution in [2.45, 2.75) is 18.1 Å². The number of rotatable bonds is 0. The van der Waals surface area contributed by atoms with Crippen LogP contribution in [0.3, 0.4) is 0 Å². The van der Waals surface area contributed by atoms with Crippen LogP contribution in [0.5, 0.6) is 0 Å². The Morgan fingerprint density at radius 2 is 1.64 bits per heavy atom. The van der Waals surface area contributed by atoms with Crippen LogP contribution in [-0.2, 0) is 20.4 Å². The Kier molecular flexibility index (Phi) is 5.47. The van der Waals surface area contributed by atoms with Gasteiger partial charge in [-0.1, -0.05) is 0 Å². The summed E-state index contributed by atoms with van der Waals surface area (Å²) in [6.45, 7) is 4.38. The summed E-state index contributed by atoms with van der Waals surface area (Å²) in [6.07, 6.45) is 4.53. The van der Waals surface area contributed by atoms with E-state index in [1.54, 1.807) is 0 Å². The average molecular weight is 264 g/mol. The molecule has 0 aromatic heterocycles. The first-order chi connectivity index (χ1) is 5.70. The minimum Gasteiger partial charge on any atom is -0.147 e. The molecule has 0 amide bonds. The van der Waals surface area contributed by atoms with E-state index in [1.807, 2.05) is 0 Å². The molecule has 75 valence electrons. The quantitative estimate of drug-likeness (QED) is 0.626. The summed E-state index contributed by atoms with van der Waals surface area (Å²) >= 11 is 2.26. The van der Waals surface area contributed by atoms with E-state index in [0.717, 1.165) is 0 Å². The fraction of sp³-hybridized carbons (Fsp3) is 0.273. The molecule has 3 heteroatoms. The smallest absolute Gasteiger partial charge is 0.147 e. The van der Waals surface area contributed by atoms with Crippen LogP contribution in [0, 0.1) is 13.8 Å². The van der Waals surface area contributed by atoms with Gasteiger partial charge in [0.2, 0.25) is 0 Å². The van der Waals surface area contributed by atoms with E-state index in [-0.39, 0.29) is 24.8 Å². The number of hydrogen-bond donors (Lipinski definition) is 0. The molecule has 0 fully saturated rings. The molecule has 1 atom stereocenters. The molecule has 14 heavy (non-hydrogen) atoms. The van der Waals surface area contributed by atoms with Crippen molar-refractivity contribution in [1.82, 2.24) is 0 Å². The zero-order valence-electron chi connectivity index (χ0n) is 8.20. The van der Waals surface area contributed by atoms with E-state index in [0.29, 0.717) is 4.22 Å². The van der Waals surface area contributed by atoms with Crippen LogP contribution < -0.4 is 0 Å². The van der Waals surface area contributed by atoms with Crippen LogP contribution in [0.15, 0.2) is 18.2 Å². The Morgan fingerprint density at radius 3 is 2.21 bits per heavy atom. The Morgan fingerprint density at radius 1 is 1.07 bits per heavy atom. The summed E-state index contributed by atoms with van der Waals surface area (Å²) in [6, 6.07) is 4.42. The van der Waals surface area contributed by atoms with Gasteiger partial charge in [0.15, 0.2) is 0 Å². The van der Waals surface area contributed by atoms with Crippen LogP contribution in [0.1, 0.15) is 26.5 Å². The van der Waals surface area contributed by atoms with E-state index >= 15 is 0 Å². The number of benzene rings is 1. The fourth-order valence-corrected chi connectivity index (χ4v) is 2.53. The van der Waals surface area contributed by atoms with Gasteiger partial charge < -0.3 is 0 Å². The molecular formula is C11H13Cl2Ti. The molecule has 1 aromatic rings. The van der Waals surface area contributed by atoms with Crippen molar-refractivity contribution in [3.05, 3.63) is 40.5 Å². The molecule has 2 rings (SSSR count). The van der Waals surface area contributed by atoms with Crippen LogP contribution in [0.2, 0.25) is 0 Å². The minimum absolute atomic E-state index is 0. The van der Waals surface area contributed by atoms with E-state index in [1.165, 1.54) is 22.3 Å². The van der Waals surface area contributed by atoms with Gasteiger partial charge in [-0.2, -0.15) is 0 Å². The Balaban J connectivity index is 0.000000845. The maximum atomic E-state index is 2.28. The summed E-state index contributed by atoms with van der Waals surface area (Å²) in [7, 11) is 0. The molecule has 0 heterocycles. The second-order valence-electron chi connectivity index (χ2n) is 3.36. The Hall–Kier alpha value is 0.254. The summed E-state index contributed by atoms with van der Waals surface area (Å²) in [5.74, 6) is 0. The van der Waals surface area contributed by atoms with Crippen molar-refractivity contribution in [2.24, 2.45) is 0 Å². The van der Waals surface area contributed by atoms with E-state index in [4.69, 9.17) is 0 Å². The van der Waals surface area contributed by atoms with Crippen LogP contribution >= 0.6 is 24.8 Å². The molecule has 0 radical (unpaired) electrons. The van der Waals surface area contributed by atoms with Gasteiger partial charge in [-0.05, 0) is 0 Å². The van der Waals surface area contributed by atoms with Gasteiger partial charge in [-0.25, -0.2) is 0 Å². The van der Waals surface area contributed by atoms with Crippen molar-refractivity contribution in [3.63, 3.8) is 0 Å². The molecule has 0 unspecified atom stereocenters. The molecule has 0 nitrogen and oxygen atoms in total. The molecule has 1 aliphatic rings. The first kappa shape index (κ1) is 14.3. The third-order valence-corrected chi connectivity index (χ3v) is 3.24. The Bertz CT molecular complexity index is 359. The van der Waals surface area contributed by atoms with E-state index in [2.05, 4.69) is 58.6 Å². The Labute approximate surface area is 109 Å². The summed E-state index contributed by atoms with van der Waals surface area (Å²) in [4.78, 5) is 0. The number of allylic oxidation sites excluding steroid dienone is 1. The predicted octanol–water partition coefficient (Wildman–Crippen LogP) is 3.76. The number of fused-ring (bicyclic) bond motifs is 1. The monoisotopic (exact) mass is 263 g/mol. The third kappa shape index (κ3) is 2.25. The topological polar surface area (TPSA) is 0 Å². The second kappa shape index (κ2) is 5.37. The van der Waals surface area contributed by atoms with Crippen LogP contribution in [0.25, 0.3) is 6.08 Å². The molecule has 0 spiro atoms. The zero-order chi connectivity index (χ0) is 8.72. The predicted molar refractivity (Wildman–Crippen MR) is 62.2 cm³/mol. The molecule has 1 aliphatic carbocycles. The number of aryl methyl sites for hydroxylation is 2. The van der Waals surface area contributed by atoms with Crippen molar-refractivity contribution in [2.75, 3.05) is 0 Å². The molecule has 0 bridgehead atoms. The van der Waals surface area contributed by atoms with Crippen molar-refractivity contribution >= 4 is 30.9 Å². The number of hydrogen-bond acceptors (Lipinski definition) is 0. The normalized spacial score (nSPS) is 16.8. The summed E-state index contributed by atoms with van der Waals surface area (Å²) in [5.41, 5.74) is 5.79. The van der Waals surface area contributed by atoms with Gasteiger partial charge in [-0.3, -0.25) is 0 Å². The zero-order valence-corrected chi connectivity index (χ0v) is 11.4. The maximum absolute atomic E-state index is 2.28. The fourth-order valence-electron chi connectivity index (χ4n) is 1.78. The third-order valence-electron chi connectivity index (χ3n) is 2.49. The van der Waals surface area contributed by atoms with E-state index < -0.39 is 0 Å². The molecule has 1 aromatic carbocycles. The molecule has 0 N–H and O–H groups in total. The van der Waals surface area contributed by atoms with Gasteiger partial charge >= 0.3 is 85.0 Å². The van der Waals surface area contributed by atoms with E-state index in [9.17, 15) is 0 Å². The van der Waals surface area contributed by atoms with Gasteiger partial charge in [-0.15, -0.1) is 24.8 Å². The molecular weight excluding hydrogens is 251 g/mol. The van der Waals surface area contributed by atoms with Gasteiger partial charge in [0.05, 0.1) is 0 Å². The average Bonchev–Trinajstić information content (AvgIpc) is 2.42. The summed E-state index contributed by atoms with van der Waals surface area (Å²) in [5, 5.41) is 0. The largest absolute Gasteiger partial charge is 0.147 e.